The fraction of sp³-hybridized carbons (Fsp3) is 0.536. The highest BCUT2D eigenvalue weighted by atomic mass is 16.5. The van der Waals surface area contributed by atoms with Crippen LogP contribution < -0.4 is 9.64 Å². The van der Waals surface area contributed by atoms with Crippen molar-refractivity contribution in [2.75, 3.05) is 31.6 Å². The Kier molecular flexibility index (Phi) is 10.4. The summed E-state index contributed by atoms with van der Waals surface area (Å²) in [5.74, 6) is -1.55. The van der Waals surface area contributed by atoms with Crippen LogP contribution in [0.15, 0.2) is 24.3 Å². The van der Waals surface area contributed by atoms with Gasteiger partial charge in [-0.05, 0) is 37.0 Å². The highest BCUT2D eigenvalue weighted by molar-refractivity contribution is 5.88. The second-order valence-electron chi connectivity index (χ2n) is 10.5. The number of benzene rings is 1. The van der Waals surface area contributed by atoms with Crippen molar-refractivity contribution in [3.05, 3.63) is 46.9 Å². The van der Waals surface area contributed by atoms with E-state index < -0.39 is 36.4 Å². The maximum absolute atomic E-state index is 10.3. The third-order valence-corrected chi connectivity index (χ3v) is 6.91. The third-order valence-electron chi connectivity index (χ3n) is 6.91. The predicted octanol–water partition coefficient (Wildman–Crippen LogP) is 2.52. The molecule has 2 aliphatic heterocycles. The average molecular weight is 559 g/mol. The van der Waals surface area contributed by atoms with Gasteiger partial charge in [0, 0.05) is 44.2 Å². The quantitative estimate of drug-likeness (QED) is 0.336. The molecule has 12 heteroatoms. The lowest BCUT2D eigenvalue weighted by atomic mass is 9.96. The Balaban J connectivity index is 0.000000289. The van der Waals surface area contributed by atoms with E-state index in [0.717, 1.165) is 50.7 Å². The minimum atomic E-state index is -2.74. The highest BCUT2D eigenvalue weighted by Gasteiger charge is 2.40. The van der Waals surface area contributed by atoms with Crippen LogP contribution in [0.5, 0.6) is 5.75 Å². The largest absolute Gasteiger partial charge is 0.497 e. The number of rotatable bonds is 10. The monoisotopic (exact) mass is 558 g/mol. The summed E-state index contributed by atoms with van der Waals surface area (Å²) < 4.78 is 5.27. The number of methoxy groups -OCH3 is 1. The number of hydrogen-bond donors (Lipinski definition) is 4. The molecule has 0 amide bonds. The van der Waals surface area contributed by atoms with E-state index in [1.54, 1.807) is 7.11 Å². The molecule has 1 fully saturated rings. The zero-order chi connectivity index (χ0) is 29.4. The Morgan fingerprint density at radius 3 is 2.08 bits per heavy atom. The third kappa shape index (κ3) is 8.12. The molecule has 2 aromatic rings. The minimum Gasteiger partial charge on any atom is -0.497 e. The molecule has 0 saturated carbocycles. The molecule has 3 heterocycles. The van der Waals surface area contributed by atoms with Gasteiger partial charge in [-0.3, -0.25) is 14.5 Å². The van der Waals surface area contributed by atoms with E-state index >= 15 is 0 Å². The van der Waals surface area contributed by atoms with Crippen molar-refractivity contribution in [3.63, 3.8) is 0 Å². The molecule has 2 aliphatic rings. The van der Waals surface area contributed by atoms with E-state index in [-0.39, 0.29) is 0 Å². The van der Waals surface area contributed by atoms with E-state index in [4.69, 9.17) is 35.1 Å². The number of carbonyl (C=O) groups is 3. The first-order valence-corrected chi connectivity index (χ1v) is 13.3. The Hall–Kier alpha value is -3.77. The predicted molar refractivity (Wildman–Crippen MR) is 145 cm³/mol. The smallest absolute Gasteiger partial charge is 0.336 e. The van der Waals surface area contributed by atoms with E-state index in [1.807, 2.05) is 12.1 Å². The summed E-state index contributed by atoms with van der Waals surface area (Å²) in [7, 11) is 1.71. The van der Waals surface area contributed by atoms with Crippen molar-refractivity contribution in [2.45, 2.75) is 70.6 Å². The first kappa shape index (κ1) is 30.8. The van der Waals surface area contributed by atoms with E-state index in [2.05, 4.69) is 35.8 Å². The van der Waals surface area contributed by atoms with Crippen molar-refractivity contribution < 1.29 is 39.5 Å². The Morgan fingerprint density at radius 1 is 0.975 bits per heavy atom. The second-order valence-corrected chi connectivity index (χ2v) is 10.5. The number of aliphatic hydroxyl groups is 1. The zero-order valence-electron chi connectivity index (χ0n) is 23.2. The molecule has 4 N–H and O–H groups in total. The molecule has 0 radical (unpaired) electrons. The fourth-order valence-electron chi connectivity index (χ4n) is 4.77. The van der Waals surface area contributed by atoms with Gasteiger partial charge >= 0.3 is 17.9 Å². The zero-order valence-corrected chi connectivity index (χ0v) is 23.2. The molecule has 218 valence electrons. The summed E-state index contributed by atoms with van der Waals surface area (Å²) in [4.78, 5) is 45.4. The molecular formula is C28H38N4O8. The molecule has 4 rings (SSSR count). The number of carboxylic acid groups (broad SMARTS) is 3. The molecule has 0 bridgehead atoms. The molecule has 0 atom stereocenters. The standard InChI is InChI=1S/C22H30N4O.C6H8O7/c1-16(2)21-23-20-15-25(14-17-6-8-18(27-3)9-7-17)13-10-19(20)22(24-21)26-11-4-5-12-26;7-3(8)1-6(13,5(11)12)2-4(9)10/h6-9,16H,4-5,10-15H2,1-3H3;13H,1-2H2,(H,7,8)(H,9,10)(H,11,12). The van der Waals surface area contributed by atoms with Crippen LogP contribution in [0.2, 0.25) is 0 Å². The molecule has 1 aromatic heterocycles. The van der Waals surface area contributed by atoms with Crippen LogP contribution in [0.25, 0.3) is 0 Å². The van der Waals surface area contributed by atoms with Gasteiger partial charge in [-0.15, -0.1) is 0 Å². The number of fused-ring (bicyclic) bond motifs is 1. The highest BCUT2D eigenvalue weighted by Crippen LogP contribution is 2.31. The summed E-state index contributed by atoms with van der Waals surface area (Å²) in [6, 6.07) is 8.39. The lowest BCUT2D eigenvalue weighted by Gasteiger charge is -2.31. The van der Waals surface area contributed by atoms with Gasteiger partial charge in [-0.1, -0.05) is 26.0 Å². The van der Waals surface area contributed by atoms with Crippen molar-refractivity contribution in [3.8, 4) is 5.75 Å². The van der Waals surface area contributed by atoms with Crippen molar-refractivity contribution >= 4 is 23.7 Å². The number of ether oxygens (including phenoxy) is 1. The van der Waals surface area contributed by atoms with Crippen LogP contribution in [0.1, 0.15) is 68.1 Å². The Morgan fingerprint density at radius 2 is 1.57 bits per heavy atom. The molecular weight excluding hydrogens is 520 g/mol. The van der Waals surface area contributed by atoms with Crippen LogP contribution in [-0.2, 0) is 33.9 Å². The molecule has 12 nitrogen and oxygen atoms in total. The first-order valence-electron chi connectivity index (χ1n) is 13.3. The summed E-state index contributed by atoms with van der Waals surface area (Å²) >= 11 is 0. The van der Waals surface area contributed by atoms with Crippen LogP contribution in [0.4, 0.5) is 5.82 Å². The summed E-state index contributed by atoms with van der Waals surface area (Å²) in [6.45, 7) is 9.56. The van der Waals surface area contributed by atoms with E-state index in [0.29, 0.717) is 5.92 Å². The second kappa shape index (κ2) is 13.5. The normalized spacial score (nSPS) is 15.3. The number of carboxylic acids is 3. The maximum atomic E-state index is 10.3. The topological polar surface area (TPSA) is 174 Å². The summed E-state index contributed by atoms with van der Waals surface area (Å²) in [6.07, 6.45) is 1.30. The van der Waals surface area contributed by atoms with Gasteiger partial charge in [0.15, 0.2) is 5.60 Å². The van der Waals surface area contributed by atoms with Gasteiger partial charge in [-0.2, -0.15) is 0 Å². The molecule has 0 unspecified atom stereocenters. The van der Waals surface area contributed by atoms with Gasteiger partial charge in [-0.25, -0.2) is 14.8 Å². The number of anilines is 1. The number of aromatic nitrogens is 2. The molecule has 0 spiro atoms. The number of aliphatic carboxylic acids is 3. The van der Waals surface area contributed by atoms with Crippen LogP contribution in [0, 0.1) is 0 Å². The minimum absolute atomic E-state index is 0.355. The molecule has 0 aliphatic carbocycles. The first-order chi connectivity index (χ1) is 18.9. The maximum Gasteiger partial charge on any atom is 0.336 e. The van der Waals surface area contributed by atoms with Crippen molar-refractivity contribution in [1.29, 1.82) is 0 Å². The Bertz CT molecular complexity index is 1180. The van der Waals surface area contributed by atoms with Gasteiger partial charge in [0.05, 0.1) is 25.6 Å². The summed E-state index contributed by atoms with van der Waals surface area (Å²) in [5.41, 5.74) is 1.19. The fourth-order valence-corrected chi connectivity index (χ4v) is 4.77. The van der Waals surface area contributed by atoms with Gasteiger partial charge < -0.3 is 30.1 Å². The SMILES string of the molecule is COc1ccc(CN2CCc3c(nc(C(C)C)nc3N3CCCC3)C2)cc1.O=C(O)CC(O)(CC(=O)O)C(=O)O. The van der Waals surface area contributed by atoms with Crippen molar-refractivity contribution in [1.82, 2.24) is 14.9 Å². The van der Waals surface area contributed by atoms with E-state index in [9.17, 15) is 14.4 Å². The summed E-state index contributed by atoms with van der Waals surface area (Å²) in [5, 5.41) is 33.8. The van der Waals surface area contributed by atoms with Crippen molar-refractivity contribution in [2.24, 2.45) is 0 Å². The number of hydrogen-bond acceptors (Lipinski definition) is 9. The molecule has 40 heavy (non-hydrogen) atoms. The number of nitrogens with zero attached hydrogens (tertiary/aromatic N) is 4. The lowest BCUT2D eigenvalue weighted by molar-refractivity contribution is -0.170. The van der Waals surface area contributed by atoms with Crippen LogP contribution in [-0.4, -0.2) is 85.5 Å². The lowest BCUT2D eigenvalue weighted by Crippen LogP contribution is -2.42. The van der Waals surface area contributed by atoms with Gasteiger partial charge in [0.1, 0.15) is 17.4 Å². The molecule has 1 aromatic carbocycles. The van der Waals surface area contributed by atoms with Crippen LogP contribution >= 0.6 is 0 Å². The average Bonchev–Trinajstić information content (AvgIpc) is 3.42. The Labute approximate surface area is 233 Å². The molecule has 1 saturated heterocycles. The van der Waals surface area contributed by atoms with E-state index in [1.165, 1.54) is 35.5 Å². The van der Waals surface area contributed by atoms with Gasteiger partial charge in [0.25, 0.3) is 0 Å². The van der Waals surface area contributed by atoms with Gasteiger partial charge in [0.2, 0.25) is 0 Å². The van der Waals surface area contributed by atoms with Crippen LogP contribution in [0.3, 0.4) is 0 Å².